The summed E-state index contributed by atoms with van der Waals surface area (Å²) in [7, 11) is 0. The maximum Gasteiger partial charge on any atom is 0.339 e. The van der Waals surface area contributed by atoms with Crippen LogP contribution in [0, 0.1) is 0 Å². The van der Waals surface area contributed by atoms with Crippen molar-refractivity contribution in [2.75, 3.05) is 0 Å². The summed E-state index contributed by atoms with van der Waals surface area (Å²) < 4.78 is 0. The van der Waals surface area contributed by atoms with Gasteiger partial charge in [0.25, 0.3) is 5.97 Å². The van der Waals surface area contributed by atoms with Crippen molar-refractivity contribution in [3.05, 3.63) is 29.3 Å². The number of aliphatic carboxylic acids is 2. The van der Waals surface area contributed by atoms with Crippen molar-refractivity contribution in [1.82, 2.24) is 0 Å². The van der Waals surface area contributed by atoms with Crippen LogP contribution in [0.25, 0.3) is 0 Å². The number of aromatic hydroxyl groups is 1. The Morgan fingerprint density at radius 2 is 1.70 bits per heavy atom. The average Bonchev–Trinajstić information content (AvgIpc) is 2.30. The van der Waals surface area contributed by atoms with Gasteiger partial charge in [0.1, 0.15) is 17.4 Å². The molecule has 0 radical (unpaired) electrons. The maximum atomic E-state index is 10.7. The van der Waals surface area contributed by atoms with Crippen LogP contribution < -0.4 is 5.73 Å². The average molecular weight is 285 g/mol. The lowest BCUT2D eigenvalue weighted by molar-refractivity contribution is -0.138. The Kier molecular flexibility index (Phi) is 6.73. The van der Waals surface area contributed by atoms with Crippen LogP contribution in [0.1, 0.15) is 22.8 Å². The van der Waals surface area contributed by atoms with Gasteiger partial charge in [-0.2, -0.15) is 0 Å². The first kappa shape index (κ1) is 17.4. The molecule has 0 aliphatic rings. The number of carboxylic acids is 3. The number of rotatable bonds is 4. The summed E-state index contributed by atoms with van der Waals surface area (Å²) in [6.07, 6.45) is 0.00981. The summed E-state index contributed by atoms with van der Waals surface area (Å²) in [4.78, 5) is 30.2. The van der Waals surface area contributed by atoms with Gasteiger partial charge < -0.3 is 26.2 Å². The highest BCUT2D eigenvalue weighted by Gasteiger charge is 2.15. The molecule has 20 heavy (non-hydrogen) atoms. The van der Waals surface area contributed by atoms with Gasteiger partial charge in [-0.3, -0.25) is 9.59 Å². The molecule has 0 bridgehead atoms. The Morgan fingerprint density at radius 3 is 2.10 bits per heavy atom. The number of carbonyl (C=O) groups is 3. The van der Waals surface area contributed by atoms with Crippen LogP contribution in [0.2, 0.25) is 0 Å². The van der Waals surface area contributed by atoms with Crippen LogP contribution in [0.5, 0.6) is 5.75 Å². The molecule has 110 valence electrons. The molecule has 1 aromatic carbocycles. The molecule has 6 N–H and O–H groups in total. The van der Waals surface area contributed by atoms with Gasteiger partial charge in [0.05, 0.1) is 0 Å². The highest BCUT2D eigenvalue weighted by Crippen LogP contribution is 2.19. The highest BCUT2D eigenvalue weighted by molar-refractivity contribution is 5.91. The first-order valence-corrected chi connectivity index (χ1v) is 5.38. The number of nitrogens with two attached hydrogens (primary N) is 1. The van der Waals surface area contributed by atoms with Crippen LogP contribution in [0.3, 0.4) is 0 Å². The summed E-state index contributed by atoms with van der Waals surface area (Å²) in [6, 6.07) is 2.75. The van der Waals surface area contributed by atoms with Gasteiger partial charge in [-0.1, -0.05) is 6.07 Å². The maximum absolute atomic E-state index is 10.7. The van der Waals surface area contributed by atoms with E-state index in [1.165, 1.54) is 18.2 Å². The molecule has 0 fully saturated rings. The molecule has 8 nitrogen and oxygen atoms in total. The molecule has 8 heteroatoms. The fourth-order valence-corrected chi connectivity index (χ4v) is 1.22. The number of benzene rings is 1. The molecule has 0 unspecified atom stereocenters. The Labute approximate surface area is 114 Å². The van der Waals surface area contributed by atoms with E-state index in [1.54, 1.807) is 0 Å². The van der Waals surface area contributed by atoms with E-state index in [4.69, 9.17) is 25.8 Å². The molecule has 1 atom stereocenters. The molecule has 0 heterocycles. The van der Waals surface area contributed by atoms with Gasteiger partial charge in [-0.05, 0) is 24.1 Å². The second-order valence-corrected chi connectivity index (χ2v) is 3.82. The molecule has 0 saturated heterocycles. The third-order valence-electron chi connectivity index (χ3n) is 2.06. The normalized spacial score (nSPS) is 10.9. The zero-order valence-corrected chi connectivity index (χ0v) is 10.6. The number of hydrogen-bond donors (Lipinski definition) is 5. The fraction of sp³-hybridized carbons (Fsp3) is 0.250. The van der Waals surface area contributed by atoms with Crippen molar-refractivity contribution < 1.29 is 34.8 Å². The van der Waals surface area contributed by atoms with Crippen LogP contribution in [-0.4, -0.2) is 44.4 Å². The van der Waals surface area contributed by atoms with E-state index in [0.29, 0.717) is 5.56 Å². The third kappa shape index (κ3) is 6.36. The van der Waals surface area contributed by atoms with Crippen molar-refractivity contribution in [3.8, 4) is 5.75 Å². The lowest BCUT2D eigenvalue weighted by atomic mass is 10.0. The Hall–Kier alpha value is -2.61. The van der Waals surface area contributed by atoms with Gasteiger partial charge >= 0.3 is 11.9 Å². The van der Waals surface area contributed by atoms with Gasteiger partial charge in [0.2, 0.25) is 0 Å². The Bertz CT molecular complexity index is 509. The monoisotopic (exact) mass is 285 g/mol. The zero-order chi connectivity index (χ0) is 15.9. The smallest absolute Gasteiger partial charge is 0.339 e. The minimum atomic E-state index is -1.27. The minimum absolute atomic E-state index is 0.00981. The summed E-state index contributed by atoms with van der Waals surface area (Å²) in [5.41, 5.74) is 5.48. The van der Waals surface area contributed by atoms with Crippen molar-refractivity contribution in [2.45, 2.75) is 19.4 Å². The molecule has 0 aliphatic carbocycles. The second-order valence-electron chi connectivity index (χ2n) is 3.82. The molecular weight excluding hydrogens is 270 g/mol. The molecule has 0 aliphatic heterocycles. The lowest BCUT2D eigenvalue weighted by Crippen LogP contribution is -2.32. The van der Waals surface area contributed by atoms with E-state index in [0.717, 1.165) is 6.92 Å². The highest BCUT2D eigenvalue weighted by atomic mass is 16.4. The zero-order valence-electron chi connectivity index (χ0n) is 10.6. The lowest BCUT2D eigenvalue weighted by Gasteiger charge is -2.07. The van der Waals surface area contributed by atoms with Crippen LogP contribution >= 0.6 is 0 Å². The van der Waals surface area contributed by atoms with E-state index in [2.05, 4.69) is 0 Å². The van der Waals surface area contributed by atoms with Crippen molar-refractivity contribution >= 4 is 17.9 Å². The van der Waals surface area contributed by atoms with E-state index in [1.807, 2.05) is 0 Å². The predicted octanol–water partition coefficient (Wildman–Crippen LogP) is 0.136. The Morgan fingerprint density at radius 1 is 1.20 bits per heavy atom. The molecule has 1 aromatic rings. The molecule has 1 rings (SSSR count). The van der Waals surface area contributed by atoms with E-state index < -0.39 is 23.9 Å². The quantitative estimate of drug-likeness (QED) is 0.522. The number of hydrogen-bond acceptors (Lipinski definition) is 5. The van der Waals surface area contributed by atoms with E-state index in [9.17, 15) is 14.7 Å². The van der Waals surface area contributed by atoms with Crippen molar-refractivity contribution in [3.63, 3.8) is 0 Å². The van der Waals surface area contributed by atoms with E-state index in [-0.39, 0.29) is 17.7 Å². The molecular formula is C12H15NO7. The van der Waals surface area contributed by atoms with Gasteiger partial charge in [-0.15, -0.1) is 0 Å². The van der Waals surface area contributed by atoms with Gasteiger partial charge in [0, 0.05) is 6.92 Å². The summed E-state index contributed by atoms with van der Waals surface area (Å²) in [5, 5.41) is 33.9. The fourth-order valence-electron chi connectivity index (χ4n) is 1.22. The number of aromatic carboxylic acids is 1. The largest absolute Gasteiger partial charge is 0.507 e. The number of phenols is 1. The van der Waals surface area contributed by atoms with E-state index >= 15 is 0 Å². The molecule has 0 amide bonds. The standard InChI is InChI=1S/C10H11NO5.C2H4O2/c11-7(10(15)16)4-5-1-2-8(12)6(3-5)9(13)14;1-2(3)4/h1-3,7,12H,4,11H2,(H,13,14)(H,15,16);1H3,(H,3,4)/t7-;/m0./s1. The minimum Gasteiger partial charge on any atom is -0.507 e. The topological polar surface area (TPSA) is 158 Å². The van der Waals surface area contributed by atoms with Gasteiger partial charge in [0.15, 0.2) is 0 Å². The van der Waals surface area contributed by atoms with Crippen LogP contribution in [0.15, 0.2) is 18.2 Å². The van der Waals surface area contributed by atoms with Crippen molar-refractivity contribution in [2.24, 2.45) is 5.73 Å². The molecule has 0 spiro atoms. The molecule has 0 saturated carbocycles. The Balaban J connectivity index is 0.000000796. The van der Waals surface area contributed by atoms with Crippen molar-refractivity contribution in [1.29, 1.82) is 0 Å². The van der Waals surface area contributed by atoms with Crippen LogP contribution in [-0.2, 0) is 16.0 Å². The number of carboxylic acid groups (broad SMARTS) is 3. The third-order valence-corrected chi connectivity index (χ3v) is 2.06. The summed E-state index contributed by atoms with van der Waals surface area (Å²) in [5.74, 6) is -3.63. The first-order chi connectivity index (χ1) is 9.15. The predicted molar refractivity (Wildman–Crippen MR) is 67.7 cm³/mol. The molecule has 0 aromatic heterocycles. The first-order valence-electron chi connectivity index (χ1n) is 5.38. The summed E-state index contributed by atoms with van der Waals surface area (Å²) >= 11 is 0. The summed E-state index contributed by atoms with van der Waals surface area (Å²) in [6.45, 7) is 1.08. The second kappa shape index (κ2) is 7.74. The van der Waals surface area contributed by atoms with Gasteiger partial charge in [-0.25, -0.2) is 4.79 Å². The van der Waals surface area contributed by atoms with Crippen LogP contribution in [0.4, 0.5) is 0 Å². The SMILES string of the molecule is CC(=O)O.N[C@@H](Cc1ccc(O)c(C(=O)O)c1)C(=O)O.